The third-order valence-electron chi connectivity index (χ3n) is 5.32. The minimum absolute atomic E-state index is 0.240. The van der Waals surface area contributed by atoms with E-state index in [4.69, 9.17) is 4.74 Å². The van der Waals surface area contributed by atoms with E-state index < -0.39 is 0 Å². The normalized spacial score (nSPS) is 32.6. The average Bonchev–Trinajstić information content (AvgIpc) is 3.20. The number of ketones is 1. The third-order valence-corrected chi connectivity index (χ3v) is 5.32. The number of Topliss-reactive ketones (excluding diaryl/α,β-unsaturated/α-hetero) is 1. The molecule has 2 rings (SSSR count). The maximum Gasteiger partial charge on any atom is 0.137 e. The van der Waals surface area contributed by atoms with E-state index in [-0.39, 0.29) is 5.92 Å². The van der Waals surface area contributed by atoms with Crippen LogP contribution in [0.2, 0.25) is 0 Å². The number of rotatable bonds is 7. The van der Waals surface area contributed by atoms with Crippen molar-refractivity contribution in [2.75, 3.05) is 26.8 Å². The molecule has 20 heavy (non-hydrogen) atoms. The van der Waals surface area contributed by atoms with Crippen LogP contribution in [0.15, 0.2) is 0 Å². The molecule has 2 saturated carbocycles. The van der Waals surface area contributed by atoms with E-state index in [0.29, 0.717) is 23.7 Å². The highest BCUT2D eigenvalue weighted by molar-refractivity contribution is 5.82. The highest BCUT2D eigenvalue weighted by atomic mass is 16.5. The van der Waals surface area contributed by atoms with Gasteiger partial charge in [0.1, 0.15) is 5.78 Å². The molecule has 4 unspecified atom stereocenters. The second kappa shape index (κ2) is 7.04. The van der Waals surface area contributed by atoms with E-state index in [1.165, 1.54) is 19.3 Å². The Bertz CT molecular complexity index is 327. The summed E-state index contributed by atoms with van der Waals surface area (Å²) in [7, 11) is 1.76. The predicted octanol–water partition coefficient (Wildman–Crippen LogP) is 2.98. The van der Waals surface area contributed by atoms with Crippen molar-refractivity contribution in [3.05, 3.63) is 0 Å². The van der Waals surface area contributed by atoms with Crippen LogP contribution < -0.4 is 0 Å². The van der Waals surface area contributed by atoms with Gasteiger partial charge in [0.15, 0.2) is 0 Å². The molecule has 0 radical (unpaired) electrons. The van der Waals surface area contributed by atoms with Crippen molar-refractivity contribution in [1.29, 1.82) is 0 Å². The number of hydrogen-bond donors (Lipinski definition) is 0. The Labute approximate surface area is 124 Å². The molecular formula is C17H31NO2. The largest absolute Gasteiger partial charge is 0.383 e. The van der Waals surface area contributed by atoms with E-state index in [9.17, 15) is 4.79 Å². The number of hydrogen-bond acceptors (Lipinski definition) is 3. The zero-order valence-corrected chi connectivity index (χ0v) is 13.6. The van der Waals surface area contributed by atoms with E-state index in [1.807, 2.05) is 0 Å². The van der Waals surface area contributed by atoms with Crippen LogP contribution in [0, 0.1) is 23.7 Å². The lowest BCUT2D eigenvalue weighted by molar-refractivity contribution is -0.129. The number of methoxy groups -OCH3 is 1. The van der Waals surface area contributed by atoms with Gasteiger partial charge in [-0.1, -0.05) is 13.8 Å². The molecule has 3 heteroatoms. The minimum atomic E-state index is 0.240. The number of nitrogens with zero attached hydrogens (tertiary/aromatic N) is 1. The van der Waals surface area contributed by atoms with Crippen LogP contribution in [0.4, 0.5) is 0 Å². The lowest BCUT2D eigenvalue weighted by Gasteiger charge is -2.37. The van der Waals surface area contributed by atoms with E-state index >= 15 is 0 Å². The highest BCUT2D eigenvalue weighted by Crippen LogP contribution is 2.37. The van der Waals surface area contributed by atoms with Crippen LogP contribution in [0.25, 0.3) is 0 Å². The van der Waals surface area contributed by atoms with Crippen LogP contribution in [-0.2, 0) is 9.53 Å². The third kappa shape index (κ3) is 4.05. The van der Waals surface area contributed by atoms with Crippen molar-refractivity contribution in [1.82, 2.24) is 4.90 Å². The molecule has 0 aliphatic heterocycles. The fraction of sp³-hybridized carbons (Fsp3) is 0.941. The number of carbonyl (C=O) groups excluding carboxylic acids is 1. The van der Waals surface area contributed by atoms with Gasteiger partial charge in [-0.3, -0.25) is 9.69 Å². The van der Waals surface area contributed by atoms with Gasteiger partial charge < -0.3 is 4.74 Å². The fourth-order valence-corrected chi connectivity index (χ4v) is 3.78. The summed E-state index contributed by atoms with van der Waals surface area (Å²) in [5, 5.41) is 0. The summed E-state index contributed by atoms with van der Waals surface area (Å²) in [5.74, 6) is 2.68. The molecule has 0 aromatic heterocycles. The zero-order valence-electron chi connectivity index (χ0n) is 13.6. The van der Waals surface area contributed by atoms with Crippen molar-refractivity contribution in [3.63, 3.8) is 0 Å². The van der Waals surface area contributed by atoms with Gasteiger partial charge in [-0.15, -0.1) is 0 Å². The summed E-state index contributed by atoms with van der Waals surface area (Å²) < 4.78 is 5.26. The first kappa shape index (κ1) is 16.0. The van der Waals surface area contributed by atoms with Gasteiger partial charge in [0.2, 0.25) is 0 Å². The maximum absolute atomic E-state index is 12.4. The summed E-state index contributed by atoms with van der Waals surface area (Å²) in [6, 6.07) is 0.601. The summed E-state index contributed by atoms with van der Waals surface area (Å²) in [5.41, 5.74) is 0. The lowest BCUT2D eigenvalue weighted by Crippen LogP contribution is -2.45. The van der Waals surface area contributed by atoms with Gasteiger partial charge in [0.05, 0.1) is 6.61 Å². The first-order valence-corrected chi connectivity index (χ1v) is 8.28. The van der Waals surface area contributed by atoms with E-state index in [2.05, 4.69) is 25.7 Å². The molecule has 116 valence electrons. The number of ether oxygens (including phenoxy) is 1. The Morgan fingerprint density at radius 2 is 2.05 bits per heavy atom. The van der Waals surface area contributed by atoms with E-state index in [0.717, 1.165) is 32.0 Å². The fourth-order valence-electron chi connectivity index (χ4n) is 3.78. The maximum atomic E-state index is 12.4. The topological polar surface area (TPSA) is 29.5 Å². The Hall–Kier alpha value is -0.410. The second-order valence-corrected chi connectivity index (χ2v) is 7.16. The van der Waals surface area contributed by atoms with Crippen molar-refractivity contribution >= 4 is 5.78 Å². The monoisotopic (exact) mass is 281 g/mol. The first-order valence-electron chi connectivity index (χ1n) is 8.28. The zero-order chi connectivity index (χ0) is 14.7. The molecule has 4 atom stereocenters. The van der Waals surface area contributed by atoms with Crippen LogP contribution in [-0.4, -0.2) is 43.5 Å². The Kier molecular flexibility index (Phi) is 5.62. The molecule has 0 spiro atoms. The minimum Gasteiger partial charge on any atom is -0.383 e. The molecule has 0 aromatic carbocycles. The van der Waals surface area contributed by atoms with Crippen molar-refractivity contribution in [2.24, 2.45) is 23.7 Å². The second-order valence-electron chi connectivity index (χ2n) is 7.16. The summed E-state index contributed by atoms with van der Waals surface area (Å²) in [6.07, 6.45) is 4.70. The molecule has 2 fully saturated rings. The van der Waals surface area contributed by atoms with Gasteiger partial charge in [0.25, 0.3) is 0 Å². The van der Waals surface area contributed by atoms with Crippen LogP contribution >= 0.6 is 0 Å². The molecule has 0 aromatic rings. The van der Waals surface area contributed by atoms with Crippen LogP contribution in [0.5, 0.6) is 0 Å². The van der Waals surface area contributed by atoms with Gasteiger partial charge >= 0.3 is 0 Å². The molecule has 0 bridgehead atoms. The SMILES string of the molecule is COCCN(CC1C(=O)CC(C)CC1C)C(C)C1CC1. The summed E-state index contributed by atoms with van der Waals surface area (Å²) in [4.78, 5) is 14.9. The standard InChI is InChI=1S/C17H31NO2/c1-12-9-13(2)16(17(19)10-12)11-18(7-8-20-4)14(3)15-5-6-15/h12-16H,5-11H2,1-4H3. The van der Waals surface area contributed by atoms with Crippen LogP contribution in [0.3, 0.4) is 0 Å². The van der Waals surface area contributed by atoms with Gasteiger partial charge in [-0.05, 0) is 43.9 Å². The van der Waals surface area contributed by atoms with Crippen molar-refractivity contribution in [3.8, 4) is 0 Å². The average molecular weight is 281 g/mol. The molecule has 3 nitrogen and oxygen atoms in total. The quantitative estimate of drug-likeness (QED) is 0.718. The Morgan fingerprint density at radius 3 is 2.60 bits per heavy atom. The molecule has 2 aliphatic carbocycles. The first-order chi connectivity index (χ1) is 9.52. The molecule has 0 N–H and O–H groups in total. The molecule has 0 amide bonds. The van der Waals surface area contributed by atoms with Crippen LogP contribution in [0.1, 0.15) is 46.5 Å². The van der Waals surface area contributed by atoms with Crippen molar-refractivity contribution in [2.45, 2.75) is 52.5 Å². The number of carbonyl (C=O) groups is 1. The highest BCUT2D eigenvalue weighted by Gasteiger charge is 2.37. The molecule has 0 heterocycles. The molecule has 0 saturated heterocycles. The Balaban J connectivity index is 1.96. The van der Waals surface area contributed by atoms with E-state index in [1.54, 1.807) is 7.11 Å². The molecule has 2 aliphatic rings. The smallest absolute Gasteiger partial charge is 0.137 e. The summed E-state index contributed by atoms with van der Waals surface area (Å²) in [6.45, 7) is 9.46. The Morgan fingerprint density at radius 1 is 1.35 bits per heavy atom. The predicted molar refractivity (Wildman–Crippen MR) is 81.7 cm³/mol. The molecular weight excluding hydrogens is 250 g/mol. The lowest BCUT2D eigenvalue weighted by atomic mass is 9.74. The summed E-state index contributed by atoms with van der Waals surface area (Å²) >= 11 is 0. The van der Waals surface area contributed by atoms with Crippen molar-refractivity contribution < 1.29 is 9.53 Å². The van der Waals surface area contributed by atoms with Gasteiger partial charge in [0, 0.05) is 38.6 Å². The van der Waals surface area contributed by atoms with Gasteiger partial charge in [-0.2, -0.15) is 0 Å². The van der Waals surface area contributed by atoms with Gasteiger partial charge in [-0.25, -0.2) is 0 Å².